The number of halogens is 2. The van der Waals surface area contributed by atoms with Gasteiger partial charge < -0.3 is 15.1 Å². The molecule has 1 fully saturated rings. The molecule has 1 aliphatic rings. The highest BCUT2D eigenvalue weighted by Gasteiger charge is 2.39. The molecule has 2 atom stereocenters. The molecule has 1 aromatic heterocycles. The van der Waals surface area contributed by atoms with Gasteiger partial charge in [-0.3, -0.25) is 9.59 Å². The third kappa shape index (κ3) is 4.76. The fraction of sp³-hybridized carbons (Fsp3) is 0.208. The molecular weight excluding hydrogens is 485 g/mol. The van der Waals surface area contributed by atoms with Crippen LogP contribution in [0.2, 0.25) is 10.0 Å². The Kier molecular flexibility index (Phi) is 6.74. The number of thiophene rings is 1. The molecule has 1 aliphatic carbocycles. The van der Waals surface area contributed by atoms with Crippen molar-refractivity contribution in [2.75, 3.05) is 4.90 Å². The van der Waals surface area contributed by atoms with Crippen LogP contribution in [0, 0.1) is 5.92 Å². The summed E-state index contributed by atoms with van der Waals surface area (Å²) >= 11 is 13.4. The number of anilines is 1. The van der Waals surface area contributed by atoms with E-state index in [1.807, 2.05) is 30.3 Å². The average molecular weight is 504 g/mol. The molecule has 1 unspecified atom stereocenters. The van der Waals surface area contributed by atoms with Crippen molar-refractivity contribution in [2.24, 2.45) is 5.92 Å². The Morgan fingerprint density at radius 2 is 1.70 bits per heavy atom. The van der Waals surface area contributed by atoms with E-state index in [2.05, 4.69) is 0 Å². The largest absolute Gasteiger partial charge is 0.481 e. The number of carbonyl (C=O) groups excluding carboxylic acids is 1. The van der Waals surface area contributed by atoms with E-state index in [1.54, 1.807) is 6.07 Å². The van der Waals surface area contributed by atoms with Gasteiger partial charge in [-0.1, -0.05) is 53.5 Å². The molecule has 0 bridgehead atoms. The molecule has 0 aliphatic heterocycles. The van der Waals surface area contributed by atoms with Crippen LogP contribution in [0.1, 0.15) is 39.3 Å². The minimum Gasteiger partial charge on any atom is -0.481 e. The molecule has 9 heteroatoms. The van der Waals surface area contributed by atoms with E-state index in [0.29, 0.717) is 22.7 Å². The average Bonchev–Trinajstić information content (AvgIpc) is 3.43. The van der Waals surface area contributed by atoms with Crippen LogP contribution in [0.3, 0.4) is 0 Å². The lowest BCUT2D eigenvalue weighted by Gasteiger charge is -2.29. The summed E-state index contributed by atoms with van der Waals surface area (Å²) in [6.07, 6.45) is 1.06. The zero-order valence-electron chi connectivity index (χ0n) is 17.2. The second-order valence-corrected chi connectivity index (χ2v) is 9.69. The van der Waals surface area contributed by atoms with Gasteiger partial charge in [0, 0.05) is 15.9 Å². The summed E-state index contributed by atoms with van der Waals surface area (Å²) < 4.78 is 0. The Labute approximate surface area is 204 Å². The van der Waals surface area contributed by atoms with Gasteiger partial charge >= 0.3 is 11.9 Å². The van der Waals surface area contributed by atoms with E-state index in [9.17, 15) is 24.6 Å². The smallest absolute Gasteiger partial charge is 0.348 e. The zero-order valence-corrected chi connectivity index (χ0v) is 19.5. The monoisotopic (exact) mass is 503 g/mol. The van der Waals surface area contributed by atoms with Crippen molar-refractivity contribution >= 4 is 58.1 Å². The van der Waals surface area contributed by atoms with Gasteiger partial charge in [-0.25, -0.2) is 4.79 Å². The SMILES string of the molecule is O=C(O)c1sc(-c2ccccc2)cc1N(C(=O)c1ccc(Cl)cc1Cl)C1CC[C@@H](C(=O)O)C1. The maximum Gasteiger partial charge on any atom is 0.348 e. The van der Waals surface area contributed by atoms with Crippen molar-refractivity contribution in [2.45, 2.75) is 25.3 Å². The lowest BCUT2D eigenvalue weighted by atomic mass is 10.1. The third-order valence-corrected chi connectivity index (χ3v) is 7.43. The van der Waals surface area contributed by atoms with Crippen LogP contribution >= 0.6 is 34.5 Å². The lowest BCUT2D eigenvalue weighted by Crippen LogP contribution is -2.40. The second-order valence-electron chi connectivity index (χ2n) is 7.80. The highest BCUT2D eigenvalue weighted by molar-refractivity contribution is 7.18. The number of benzene rings is 2. The molecule has 170 valence electrons. The highest BCUT2D eigenvalue weighted by Crippen LogP contribution is 2.42. The topological polar surface area (TPSA) is 94.9 Å². The molecule has 0 saturated heterocycles. The summed E-state index contributed by atoms with van der Waals surface area (Å²) in [5, 5.41) is 19.9. The number of hydrogen-bond donors (Lipinski definition) is 2. The first kappa shape index (κ1) is 23.3. The number of amides is 1. The molecule has 33 heavy (non-hydrogen) atoms. The van der Waals surface area contributed by atoms with Gasteiger partial charge in [-0.15, -0.1) is 11.3 Å². The Bertz CT molecular complexity index is 1230. The first-order valence-electron chi connectivity index (χ1n) is 10.2. The predicted octanol–water partition coefficient (Wildman–Crippen LogP) is 6.32. The first-order valence-corrected chi connectivity index (χ1v) is 11.8. The van der Waals surface area contributed by atoms with E-state index < -0.39 is 29.8 Å². The molecule has 0 spiro atoms. The van der Waals surface area contributed by atoms with Crippen LogP contribution in [-0.2, 0) is 4.79 Å². The molecule has 6 nitrogen and oxygen atoms in total. The fourth-order valence-electron chi connectivity index (χ4n) is 4.14. The van der Waals surface area contributed by atoms with Crippen molar-refractivity contribution in [3.05, 3.63) is 75.1 Å². The standard InChI is InChI=1S/C24H19Cl2NO5S/c25-15-7-9-17(18(26)11-15)22(28)27(16-8-6-14(10-16)23(29)30)19-12-20(33-21(19)24(31)32)13-4-2-1-3-5-13/h1-5,7,9,11-12,14,16H,6,8,10H2,(H,29,30)(H,31,32)/t14-,16?/m1/s1. The number of carboxylic acids is 2. The van der Waals surface area contributed by atoms with E-state index in [1.165, 1.54) is 23.1 Å². The molecule has 3 aromatic rings. The van der Waals surface area contributed by atoms with Crippen LogP contribution in [0.25, 0.3) is 10.4 Å². The molecule has 2 N–H and O–H groups in total. The van der Waals surface area contributed by atoms with Crippen molar-refractivity contribution < 1.29 is 24.6 Å². The van der Waals surface area contributed by atoms with Gasteiger partial charge in [-0.2, -0.15) is 0 Å². The Hall–Kier alpha value is -2.87. The predicted molar refractivity (Wildman–Crippen MR) is 129 cm³/mol. The van der Waals surface area contributed by atoms with Crippen LogP contribution in [0.5, 0.6) is 0 Å². The normalized spacial score (nSPS) is 17.6. The number of aromatic carboxylic acids is 1. The van der Waals surface area contributed by atoms with Crippen molar-refractivity contribution in [3.8, 4) is 10.4 Å². The zero-order chi connectivity index (χ0) is 23.7. The lowest BCUT2D eigenvalue weighted by molar-refractivity contribution is -0.141. The minimum absolute atomic E-state index is 0.00561. The molecule has 4 rings (SSSR count). The molecule has 2 aromatic carbocycles. The fourth-order valence-corrected chi connectivity index (χ4v) is 5.62. The van der Waals surface area contributed by atoms with Crippen LogP contribution in [-0.4, -0.2) is 34.1 Å². The highest BCUT2D eigenvalue weighted by atomic mass is 35.5. The minimum atomic E-state index is -1.16. The summed E-state index contributed by atoms with van der Waals surface area (Å²) in [6.45, 7) is 0. The number of carbonyl (C=O) groups is 3. The number of nitrogens with zero attached hydrogens (tertiary/aromatic N) is 1. The van der Waals surface area contributed by atoms with Gasteiger partial charge in [0.2, 0.25) is 0 Å². The van der Waals surface area contributed by atoms with Gasteiger partial charge in [0.25, 0.3) is 5.91 Å². The molecule has 1 saturated carbocycles. The molecule has 1 heterocycles. The Morgan fingerprint density at radius 1 is 0.970 bits per heavy atom. The van der Waals surface area contributed by atoms with E-state index in [4.69, 9.17) is 23.2 Å². The van der Waals surface area contributed by atoms with Gasteiger partial charge in [0.05, 0.1) is 22.2 Å². The maximum atomic E-state index is 13.7. The van der Waals surface area contributed by atoms with E-state index >= 15 is 0 Å². The van der Waals surface area contributed by atoms with Crippen molar-refractivity contribution in [3.63, 3.8) is 0 Å². The number of hydrogen-bond acceptors (Lipinski definition) is 4. The quantitative estimate of drug-likeness (QED) is 0.410. The first-order chi connectivity index (χ1) is 15.8. The van der Waals surface area contributed by atoms with Gasteiger partial charge in [0.15, 0.2) is 0 Å². The Balaban J connectivity index is 1.84. The van der Waals surface area contributed by atoms with Crippen molar-refractivity contribution in [1.82, 2.24) is 0 Å². The van der Waals surface area contributed by atoms with Crippen molar-refractivity contribution in [1.29, 1.82) is 0 Å². The summed E-state index contributed by atoms with van der Waals surface area (Å²) in [4.78, 5) is 39.6. The number of aliphatic carboxylic acids is 1. The number of rotatable bonds is 6. The van der Waals surface area contributed by atoms with Gasteiger partial charge in [0.1, 0.15) is 4.88 Å². The molecular formula is C24H19Cl2NO5S. The Morgan fingerprint density at radius 3 is 2.30 bits per heavy atom. The molecule has 0 radical (unpaired) electrons. The van der Waals surface area contributed by atoms with Crippen LogP contribution in [0.15, 0.2) is 54.6 Å². The second kappa shape index (κ2) is 9.55. The third-order valence-electron chi connectivity index (χ3n) is 5.72. The van der Waals surface area contributed by atoms with Crippen LogP contribution in [0.4, 0.5) is 5.69 Å². The van der Waals surface area contributed by atoms with E-state index in [0.717, 1.165) is 16.9 Å². The maximum absolute atomic E-state index is 13.7. The summed E-state index contributed by atoms with van der Waals surface area (Å²) in [7, 11) is 0. The number of carboxylic acid groups (broad SMARTS) is 2. The van der Waals surface area contributed by atoms with Crippen LogP contribution < -0.4 is 4.90 Å². The summed E-state index contributed by atoms with van der Waals surface area (Å²) in [5.74, 6) is -3.19. The summed E-state index contributed by atoms with van der Waals surface area (Å²) in [6, 6.07) is 15.0. The molecule has 1 amide bonds. The summed E-state index contributed by atoms with van der Waals surface area (Å²) in [5.41, 5.74) is 1.23. The van der Waals surface area contributed by atoms with Gasteiger partial charge in [-0.05, 0) is 49.1 Å². The van der Waals surface area contributed by atoms with E-state index in [-0.39, 0.29) is 27.6 Å².